The standard InChI is InChI=1S/C30H21FN2O4/c31-26-12-5-4-9-21(26)18-35-22-11-6-10-20(15-22)28-24-14-13-23(16-27(24)37-29(33)25(28)17-32)36-30(34)19-7-2-1-3-8-19/h1-16,28H,18,33H2. The highest BCUT2D eigenvalue weighted by Crippen LogP contribution is 2.44. The Morgan fingerprint density at radius 1 is 0.946 bits per heavy atom. The monoisotopic (exact) mass is 492 g/mol. The molecule has 0 bridgehead atoms. The molecule has 0 radical (unpaired) electrons. The predicted octanol–water partition coefficient (Wildman–Crippen LogP) is 5.84. The molecule has 0 aromatic heterocycles. The maximum atomic E-state index is 14.0. The van der Waals surface area contributed by atoms with Crippen molar-refractivity contribution in [2.75, 3.05) is 0 Å². The van der Waals surface area contributed by atoms with Gasteiger partial charge in [-0.2, -0.15) is 5.26 Å². The molecule has 0 saturated carbocycles. The van der Waals surface area contributed by atoms with Crippen molar-refractivity contribution in [2.45, 2.75) is 12.5 Å². The molecule has 182 valence electrons. The first-order valence-corrected chi connectivity index (χ1v) is 11.5. The van der Waals surface area contributed by atoms with Crippen molar-refractivity contribution in [3.05, 3.63) is 137 Å². The summed E-state index contributed by atoms with van der Waals surface area (Å²) >= 11 is 0. The predicted molar refractivity (Wildman–Crippen MR) is 134 cm³/mol. The Bertz CT molecular complexity index is 1540. The smallest absolute Gasteiger partial charge is 0.343 e. The van der Waals surface area contributed by atoms with Crippen LogP contribution >= 0.6 is 0 Å². The molecule has 0 spiro atoms. The third kappa shape index (κ3) is 5.00. The average Bonchev–Trinajstić information content (AvgIpc) is 2.92. The number of carbonyl (C=O) groups is 1. The van der Waals surface area contributed by atoms with Crippen molar-refractivity contribution in [2.24, 2.45) is 5.73 Å². The van der Waals surface area contributed by atoms with Gasteiger partial charge in [0.05, 0.1) is 11.5 Å². The Hall–Kier alpha value is -5.09. The summed E-state index contributed by atoms with van der Waals surface area (Å²) in [5.74, 6) is -0.261. The largest absolute Gasteiger partial charge is 0.489 e. The normalized spacial score (nSPS) is 14.2. The van der Waals surface area contributed by atoms with Gasteiger partial charge >= 0.3 is 5.97 Å². The average molecular weight is 493 g/mol. The zero-order valence-electron chi connectivity index (χ0n) is 19.6. The second-order valence-electron chi connectivity index (χ2n) is 8.33. The number of nitriles is 1. The van der Waals surface area contributed by atoms with Gasteiger partial charge in [0.25, 0.3) is 0 Å². The van der Waals surface area contributed by atoms with Gasteiger partial charge in [0.2, 0.25) is 5.88 Å². The minimum Gasteiger partial charge on any atom is -0.489 e. The number of hydrogen-bond donors (Lipinski definition) is 1. The number of halogens is 1. The molecule has 6 nitrogen and oxygen atoms in total. The van der Waals surface area contributed by atoms with Crippen molar-refractivity contribution < 1.29 is 23.4 Å². The van der Waals surface area contributed by atoms with E-state index in [2.05, 4.69) is 6.07 Å². The van der Waals surface area contributed by atoms with E-state index in [-0.39, 0.29) is 29.6 Å². The van der Waals surface area contributed by atoms with E-state index >= 15 is 0 Å². The number of ether oxygens (including phenoxy) is 3. The number of rotatable bonds is 6. The van der Waals surface area contributed by atoms with Gasteiger partial charge in [-0.3, -0.25) is 0 Å². The molecule has 1 heterocycles. The molecule has 2 N–H and O–H groups in total. The third-order valence-electron chi connectivity index (χ3n) is 5.95. The van der Waals surface area contributed by atoms with Gasteiger partial charge in [-0.15, -0.1) is 0 Å². The molecule has 0 aliphatic carbocycles. The molecule has 0 saturated heterocycles. The number of allylic oxidation sites excluding steroid dienone is 1. The molecule has 1 aliphatic heterocycles. The van der Waals surface area contributed by atoms with E-state index in [9.17, 15) is 14.4 Å². The van der Waals surface area contributed by atoms with E-state index in [0.717, 1.165) is 5.56 Å². The lowest BCUT2D eigenvalue weighted by molar-refractivity contribution is 0.0734. The molecule has 1 aliphatic rings. The summed E-state index contributed by atoms with van der Waals surface area (Å²) in [6, 6.07) is 29.3. The number of carbonyl (C=O) groups excluding carboxylic acids is 1. The van der Waals surface area contributed by atoms with Crippen molar-refractivity contribution >= 4 is 5.97 Å². The van der Waals surface area contributed by atoms with Crippen LogP contribution in [0, 0.1) is 17.1 Å². The number of esters is 1. The van der Waals surface area contributed by atoms with Gasteiger partial charge in [-0.05, 0) is 42.0 Å². The molecule has 7 heteroatoms. The fourth-order valence-electron chi connectivity index (χ4n) is 4.14. The van der Waals surface area contributed by atoms with Gasteiger partial charge in [-0.1, -0.05) is 54.6 Å². The Kier molecular flexibility index (Phi) is 6.56. The Morgan fingerprint density at radius 3 is 2.51 bits per heavy atom. The highest BCUT2D eigenvalue weighted by atomic mass is 19.1. The molecule has 1 unspecified atom stereocenters. The van der Waals surface area contributed by atoms with Crippen LogP contribution < -0.4 is 19.9 Å². The second-order valence-corrected chi connectivity index (χ2v) is 8.33. The summed E-state index contributed by atoms with van der Waals surface area (Å²) in [6.07, 6.45) is 0. The van der Waals surface area contributed by atoms with Crippen molar-refractivity contribution in [1.82, 2.24) is 0 Å². The van der Waals surface area contributed by atoms with Gasteiger partial charge in [0.15, 0.2) is 0 Å². The van der Waals surface area contributed by atoms with Crippen molar-refractivity contribution in [3.8, 4) is 23.3 Å². The molecule has 1 atom stereocenters. The van der Waals surface area contributed by atoms with Crippen LogP contribution in [-0.4, -0.2) is 5.97 Å². The van der Waals surface area contributed by atoms with Crippen LogP contribution in [0.1, 0.15) is 33.0 Å². The number of fused-ring (bicyclic) bond motifs is 1. The van der Waals surface area contributed by atoms with Gasteiger partial charge in [0, 0.05) is 17.2 Å². The van der Waals surface area contributed by atoms with Crippen LogP contribution in [0.2, 0.25) is 0 Å². The van der Waals surface area contributed by atoms with Crippen LogP contribution in [0.5, 0.6) is 17.2 Å². The van der Waals surface area contributed by atoms with E-state index in [0.29, 0.717) is 28.2 Å². The lowest BCUT2D eigenvalue weighted by atomic mass is 9.83. The van der Waals surface area contributed by atoms with Crippen LogP contribution in [-0.2, 0) is 6.61 Å². The number of nitrogens with two attached hydrogens (primary N) is 1. The highest BCUT2D eigenvalue weighted by molar-refractivity contribution is 5.91. The minimum absolute atomic E-state index is 0.0378. The van der Waals surface area contributed by atoms with Crippen molar-refractivity contribution in [3.63, 3.8) is 0 Å². The van der Waals surface area contributed by atoms with Crippen molar-refractivity contribution in [1.29, 1.82) is 5.26 Å². The quantitative estimate of drug-likeness (QED) is 0.268. The fraction of sp³-hybridized carbons (Fsp3) is 0.0667. The number of nitrogens with zero attached hydrogens (tertiary/aromatic N) is 1. The van der Waals surface area contributed by atoms with Gasteiger partial charge in [0.1, 0.15) is 41.3 Å². The summed E-state index contributed by atoms with van der Waals surface area (Å²) in [5.41, 5.74) is 8.63. The lowest BCUT2D eigenvalue weighted by Gasteiger charge is -2.27. The molecule has 4 aromatic carbocycles. The summed E-state index contributed by atoms with van der Waals surface area (Å²) in [5, 5.41) is 9.86. The second kappa shape index (κ2) is 10.3. The Morgan fingerprint density at radius 2 is 1.73 bits per heavy atom. The van der Waals surface area contributed by atoms with E-state index < -0.39 is 11.9 Å². The van der Waals surface area contributed by atoms with E-state index in [4.69, 9.17) is 19.9 Å². The fourth-order valence-corrected chi connectivity index (χ4v) is 4.14. The zero-order chi connectivity index (χ0) is 25.8. The summed E-state index contributed by atoms with van der Waals surface area (Å²) in [6.45, 7) is 0.0553. The molecule has 37 heavy (non-hydrogen) atoms. The maximum Gasteiger partial charge on any atom is 0.343 e. The Labute approximate surface area is 212 Å². The first-order chi connectivity index (χ1) is 18.0. The number of benzene rings is 4. The third-order valence-corrected chi connectivity index (χ3v) is 5.95. The van der Waals surface area contributed by atoms with E-state index in [1.807, 2.05) is 12.1 Å². The summed E-state index contributed by atoms with van der Waals surface area (Å²) in [7, 11) is 0. The topological polar surface area (TPSA) is 94.6 Å². The van der Waals surface area contributed by atoms with E-state index in [1.165, 1.54) is 6.07 Å². The van der Waals surface area contributed by atoms with Crippen LogP contribution in [0.4, 0.5) is 4.39 Å². The molecular weight excluding hydrogens is 471 g/mol. The molecule has 5 rings (SSSR count). The van der Waals surface area contributed by atoms with Gasteiger partial charge < -0.3 is 19.9 Å². The molecular formula is C30H21FN2O4. The highest BCUT2D eigenvalue weighted by Gasteiger charge is 2.31. The maximum absolute atomic E-state index is 14.0. The molecule has 0 fully saturated rings. The van der Waals surface area contributed by atoms with E-state index in [1.54, 1.807) is 78.9 Å². The first-order valence-electron chi connectivity index (χ1n) is 11.5. The molecule has 4 aromatic rings. The van der Waals surface area contributed by atoms with Gasteiger partial charge in [-0.25, -0.2) is 9.18 Å². The van der Waals surface area contributed by atoms with Crippen LogP contribution in [0.25, 0.3) is 0 Å². The lowest BCUT2D eigenvalue weighted by Crippen LogP contribution is -2.21. The minimum atomic E-state index is -0.537. The summed E-state index contributed by atoms with van der Waals surface area (Å²) in [4.78, 5) is 12.5. The number of hydrogen-bond acceptors (Lipinski definition) is 6. The first kappa shape index (κ1) is 23.6. The zero-order valence-corrected chi connectivity index (χ0v) is 19.6. The Balaban J connectivity index is 1.43. The molecule has 0 amide bonds. The summed E-state index contributed by atoms with van der Waals surface area (Å²) < 4.78 is 31.1. The SMILES string of the molecule is N#CC1=C(N)Oc2cc(OC(=O)c3ccccc3)ccc2C1c1cccc(OCc2ccccc2F)c1. The van der Waals surface area contributed by atoms with Crippen LogP contribution in [0.3, 0.4) is 0 Å². The van der Waals surface area contributed by atoms with Crippen LogP contribution in [0.15, 0.2) is 109 Å².